The van der Waals surface area contributed by atoms with Gasteiger partial charge >= 0.3 is 5.97 Å². The van der Waals surface area contributed by atoms with Gasteiger partial charge in [0.2, 0.25) is 5.91 Å². The quantitative estimate of drug-likeness (QED) is 0.279. The first-order valence-electron chi connectivity index (χ1n) is 15.7. The van der Waals surface area contributed by atoms with Gasteiger partial charge in [0.05, 0.1) is 18.2 Å². The van der Waals surface area contributed by atoms with Crippen molar-refractivity contribution < 1.29 is 23.5 Å². The lowest BCUT2D eigenvalue weighted by Crippen LogP contribution is -2.49. The maximum atomic E-state index is 15.8. The van der Waals surface area contributed by atoms with Gasteiger partial charge in [0.15, 0.2) is 0 Å². The number of amides is 1. The van der Waals surface area contributed by atoms with E-state index in [0.29, 0.717) is 49.3 Å². The Morgan fingerprint density at radius 1 is 1.00 bits per heavy atom. The summed E-state index contributed by atoms with van der Waals surface area (Å²) in [6.45, 7) is 10.7. The predicted octanol–water partition coefficient (Wildman–Crippen LogP) is 5.46. The van der Waals surface area contributed by atoms with Crippen LogP contribution >= 0.6 is 0 Å². The molecule has 5 rings (SSSR count). The molecule has 3 aromatic rings. The standard InChI is InChI=1S/C35H42F2N4O4/c1-19-10-21(3)33(22(4)11-19)25-12-23(5)34(37)27(15-25)29(16-32(43)44)38-35(45)30(14-24-6-7-24)41-31(42)13-20(2)28(39-41)8-9-40-17-26(36)18-40/h10-13,15,24,26,29-30H,6-9,14,16-18H2,1-5H3,(H,38,45)(H,43,44)/t29-,30-/m0/s1. The van der Waals surface area contributed by atoms with Crippen molar-refractivity contribution in [3.05, 3.63) is 85.6 Å². The Morgan fingerprint density at radius 2 is 1.67 bits per heavy atom. The van der Waals surface area contributed by atoms with E-state index >= 15 is 4.39 Å². The zero-order chi connectivity index (χ0) is 32.6. The van der Waals surface area contributed by atoms with Crippen molar-refractivity contribution in [2.45, 2.75) is 85.0 Å². The van der Waals surface area contributed by atoms with Gasteiger partial charge in [-0.2, -0.15) is 5.10 Å². The Morgan fingerprint density at radius 3 is 2.27 bits per heavy atom. The van der Waals surface area contributed by atoms with E-state index < -0.39 is 47.9 Å². The summed E-state index contributed by atoms with van der Waals surface area (Å²) in [5.41, 5.74) is 6.10. The van der Waals surface area contributed by atoms with Crippen LogP contribution in [0, 0.1) is 46.4 Å². The SMILES string of the molecule is Cc1cc(C)c(-c2cc(C)c(F)c([C@H](CC(=O)O)NC(=O)[C@H](CC3CC3)n3nc(CCN4CC(F)C4)c(C)cc3=O)c2)c(C)c1. The number of aryl methyl sites for hydroxylation is 5. The number of nitrogens with one attached hydrogen (secondary N) is 1. The molecule has 10 heteroatoms. The van der Waals surface area contributed by atoms with E-state index in [9.17, 15) is 23.9 Å². The van der Waals surface area contributed by atoms with Crippen LogP contribution in [0.15, 0.2) is 35.1 Å². The van der Waals surface area contributed by atoms with Crippen LogP contribution in [-0.2, 0) is 16.0 Å². The average molecular weight is 621 g/mol. The van der Waals surface area contributed by atoms with Gasteiger partial charge in [-0.3, -0.25) is 19.3 Å². The molecule has 1 saturated carbocycles. The first-order chi connectivity index (χ1) is 21.3. The van der Waals surface area contributed by atoms with Crippen molar-refractivity contribution in [1.29, 1.82) is 0 Å². The number of rotatable bonds is 12. The topological polar surface area (TPSA) is 105 Å². The van der Waals surface area contributed by atoms with E-state index in [2.05, 4.69) is 10.4 Å². The zero-order valence-corrected chi connectivity index (χ0v) is 26.6. The number of carbonyl (C=O) groups excluding carboxylic acids is 1. The highest BCUT2D eigenvalue weighted by Crippen LogP contribution is 2.38. The van der Waals surface area contributed by atoms with Gasteiger partial charge in [-0.25, -0.2) is 13.5 Å². The Balaban J connectivity index is 1.48. The molecular weight excluding hydrogens is 578 g/mol. The second-order valence-electron chi connectivity index (χ2n) is 13.0. The van der Waals surface area contributed by atoms with Crippen molar-refractivity contribution in [3.63, 3.8) is 0 Å². The van der Waals surface area contributed by atoms with Crippen LogP contribution < -0.4 is 10.9 Å². The molecule has 1 aliphatic carbocycles. The zero-order valence-electron chi connectivity index (χ0n) is 26.6. The Kier molecular flexibility index (Phi) is 9.53. The summed E-state index contributed by atoms with van der Waals surface area (Å²) >= 11 is 0. The van der Waals surface area contributed by atoms with Gasteiger partial charge in [-0.05, 0) is 92.5 Å². The molecule has 1 aromatic heterocycles. The summed E-state index contributed by atoms with van der Waals surface area (Å²) in [6, 6.07) is 6.74. The third-order valence-electron chi connectivity index (χ3n) is 9.00. The van der Waals surface area contributed by atoms with Gasteiger partial charge in [-0.1, -0.05) is 30.5 Å². The molecule has 1 saturated heterocycles. The normalized spacial score (nSPS) is 16.7. The fourth-order valence-electron chi connectivity index (χ4n) is 6.52. The second-order valence-corrected chi connectivity index (χ2v) is 13.0. The third kappa shape index (κ3) is 7.49. The van der Waals surface area contributed by atoms with Gasteiger partial charge < -0.3 is 10.4 Å². The maximum absolute atomic E-state index is 15.8. The van der Waals surface area contributed by atoms with Gasteiger partial charge in [0, 0.05) is 37.7 Å². The molecule has 0 spiro atoms. The number of aliphatic carboxylic acids is 1. The number of halogens is 2. The number of carbonyl (C=O) groups is 2. The molecule has 2 N–H and O–H groups in total. The minimum absolute atomic E-state index is 0.0795. The molecule has 2 heterocycles. The fraction of sp³-hybridized carbons (Fsp3) is 0.486. The molecule has 1 aliphatic heterocycles. The van der Waals surface area contributed by atoms with Crippen LogP contribution in [0.5, 0.6) is 0 Å². The molecule has 2 fully saturated rings. The molecule has 2 aliphatic rings. The van der Waals surface area contributed by atoms with E-state index in [1.54, 1.807) is 26.0 Å². The van der Waals surface area contributed by atoms with Crippen LogP contribution in [0.25, 0.3) is 11.1 Å². The fourth-order valence-corrected chi connectivity index (χ4v) is 6.52. The second kappa shape index (κ2) is 13.2. The van der Waals surface area contributed by atoms with Gasteiger partial charge in [0.1, 0.15) is 18.0 Å². The summed E-state index contributed by atoms with van der Waals surface area (Å²) in [5.74, 6) is -2.13. The molecular formula is C35H42F2N4O4. The third-order valence-corrected chi connectivity index (χ3v) is 9.00. The summed E-state index contributed by atoms with van der Waals surface area (Å²) in [4.78, 5) is 41.2. The minimum Gasteiger partial charge on any atom is -0.481 e. The maximum Gasteiger partial charge on any atom is 0.305 e. The van der Waals surface area contributed by atoms with Crippen LogP contribution in [0.2, 0.25) is 0 Å². The number of alkyl halides is 1. The molecule has 0 bridgehead atoms. The molecule has 0 radical (unpaired) electrons. The number of benzene rings is 2. The average Bonchev–Trinajstić information content (AvgIpc) is 3.75. The van der Waals surface area contributed by atoms with Crippen molar-refractivity contribution in [2.75, 3.05) is 19.6 Å². The highest BCUT2D eigenvalue weighted by atomic mass is 19.1. The first-order valence-corrected chi connectivity index (χ1v) is 15.7. The smallest absolute Gasteiger partial charge is 0.305 e. The van der Waals surface area contributed by atoms with E-state index in [0.717, 1.165) is 40.7 Å². The first kappa shape index (κ1) is 32.5. The number of carboxylic acids is 1. The Bertz CT molecular complexity index is 1650. The number of hydrogen-bond donors (Lipinski definition) is 2. The Labute approximate surface area is 262 Å². The van der Waals surface area contributed by atoms with Crippen LogP contribution in [-0.4, -0.2) is 57.5 Å². The van der Waals surface area contributed by atoms with Crippen LogP contribution in [0.4, 0.5) is 8.78 Å². The van der Waals surface area contributed by atoms with E-state index in [-0.39, 0.29) is 11.5 Å². The molecule has 2 atom stereocenters. The van der Waals surface area contributed by atoms with Gasteiger partial charge in [0.25, 0.3) is 5.56 Å². The highest BCUT2D eigenvalue weighted by Gasteiger charge is 2.34. The number of aromatic nitrogens is 2. The predicted molar refractivity (Wildman–Crippen MR) is 169 cm³/mol. The molecule has 45 heavy (non-hydrogen) atoms. The number of likely N-dealkylation sites (tertiary alicyclic amines) is 1. The van der Waals surface area contributed by atoms with E-state index in [1.165, 1.54) is 10.7 Å². The van der Waals surface area contributed by atoms with Gasteiger partial charge in [-0.15, -0.1) is 0 Å². The van der Waals surface area contributed by atoms with E-state index in [4.69, 9.17) is 0 Å². The largest absolute Gasteiger partial charge is 0.481 e. The lowest BCUT2D eigenvalue weighted by Gasteiger charge is -2.34. The number of hydrogen-bond acceptors (Lipinski definition) is 5. The summed E-state index contributed by atoms with van der Waals surface area (Å²) in [5, 5.41) is 17.2. The Hall–Kier alpha value is -3.92. The van der Waals surface area contributed by atoms with Crippen molar-refractivity contribution in [1.82, 2.24) is 20.0 Å². The molecule has 240 valence electrons. The number of nitrogens with zero attached hydrogens (tertiary/aromatic N) is 3. The molecule has 1 amide bonds. The van der Waals surface area contributed by atoms with Crippen molar-refractivity contribution in [2.24, 2.45) is 5.92 Å². The lowest BCUT2D eigenvalue weighted by molar-refractivity contribution is -0.138. The van der Waals surface area contributed by atoms with Crippen LogP contribution in [0.3, 0.4) is 0 Å². The monoisotopic (exact) mass is 620 g/mol. The highest BCUT2D eigenvalue weighted by molar-refractivity contribution is 5.82. The van der Waals surface area contributed by atoms with Crippen LogP contribution in [0.1, 0.15) is 76.8 Å². The lowest BCUT2D eigenvalue weighted by atomic mass is 9.89. The van der Waals surface area contributed by atoms with E-state index in [1.807, 2.05) is 37.8 Å². The summed E-state index contributed by atoms with van der Waals surface area (Å²) in [6.07, 6.45) is 1.33. The minimum atomic E-state index is -1.20. The molecule has 2 aromatic carbocycles. The van der Waals surface area contributed by atoms with Crippen molar-refractivity contribution >= 4 is 11.9 Å². The van der Waals surface area contributed by atoms with Crippen molar-refractivity contribution in [3.8, 4) is 11.1 Å². The molecule has 8 nitrogen and oxygen atoms in total. The summed E-state index contributed by atoms with van der Waals surface area (Å²) in [7, 11) is 0. The number of carboxylic acid groups (broad SMARTS) is 1. The summed E-state index contributed by atoms with van der Waals surface area (Å²) < 4.78 is 30.3. The molecule has 0 unspecified atom stereocenters.